The molecular formula is C18H25N5O2. The average Bonchev–Trinajstić information content (AvgIpc) is 3.08. The fourth-order valence-electron chi connectivity index (χ4n) is 2.98. The van der Waals surface area contributed by atoms with Gasteiger partial charge in [-0.2, -0.15) is 5.10 Å². The highest BCUT2D eigenvalue weighted by Crippen LogP contribution is 2.17. The normalized spacial score (nSPS) is 17.3. The Hall–Kier alpha value is -2.54. The molecule has 0 spiro atoms. The van der Waals surface area contributed by atoms with Gasteiger partial charge < -0.3 is 15.0 Å². The second kappa shape index (κ2) is 8.53. The zero-order valence-electron chi connectivity index (χ0n) is 14.5. The molecule has 1 fully saturated rings. The molecule has 2 N–H and O–H groups in total. The standard InChI is InChI=1S/C18H25N5O2/c1-25-13-12-23-11-9-17(21-23)20-18(24)22-10-5-8-16(14-22)19-15-6-3-2-4-7-15/h2-4,6-7,9,11,16,19H,5,8,10,12-14H2,1H3,(H,20,21,24). The van der Waals surface area contributed by atoms with E-state index in [4.69, 9.17) is 4.74 Å². The van der Waals surface area contributed by atoms with Gasteiger partial charge in [-0.25, -0.2) is 4.79 Å². The Balaban J connectivity index is 1.52. The second-order valence-electron chi connectivity index (χ2n) is 6.18. The zero-order chi connectivity index (χ0) is 17.5. The summed E-state index contributed by atoms with van der Waals surface area (Å²) in [6, 6.07) is 12.1. The molecule has 2 heterocycles. The molecule has 7 heteroatoms. The Kier molecular flexibility index (Phi) is 5.90. The third-order valence-electron chi connectivity index (χ3n) is 4.25. The second-order valence-corrected chi connectivity index (χ2v) is 6.18. The molecule has 25 heavy (non-hydrogen) atoms. The molecule has 0 aliphatic carbocycles. The van der Waals surface area contributed by atoms with Crippen LogP contribution in [0.2, 0.25) is 0 Å². The molecule has 0 radical (unpaired) electrons. The maximum atomic E-state index is 12.5. The highest BCUT2D eigenvalue weighted by atomic mass is 16.5. The Morgan fingerprint density at radius 3 is 2.96 bits per heavy atom. The van der Waals surface area contributed by atoms with Gasteiger partial charge in [0.1, 0.15) is 0 Å². The topological polar surface area (TPSA) is 71.4 Å². The molecule has 2 aromatic rings. The number of methoxy groups -OCH3 is 1. The van der Waals surface area contributed by atoms with Gasteiger partial charge in [-0.15, -0.1) is 0 Å². The van der Waals surface area contributed by atoms with Crippen molar-refractivity contribution < 1.29 is 9.53 Å². The van der Waals surface area contributed by atoms with Crippen LogP contribution in [-0.4, -0.2) is 53.6 Å². The zero-order valence-corrected chi connectivity index (χ0v) is 14.5. The van der Waals surface area contributed by atoms with Gasteiger partial charge >= 0.3 is 6.03 Å². The molecule has 1 aromatic carbocycles. The third kappa shape index (κ3) is 4.96. The van der Waals surface area contributed by atoms with Crippen molar-refractivity contribution in [2.45, 2.75) is 25.4 Å². The van der Waals surface area contributed by atoms with Crippen LogP contribution in [0.25, 0.3) is 0 Å². The van der Waals surface area contributed by atoms with E-state index >= 15 is 0 Å². The fraction of sp³-hybridized carbons (Fsp3) is 0.444. The van der Waals surface area contributed by atoms with Crippen LogP contribution in [0.3, 0.4) is 0 Å². The van der Waals surface area contributed by atoms with Gasteiger partial charge in [0.05, 0.1) is 13.2 Å². The molecule has 3 rings (SSSR count). The molecule has 134 valence electrons. The van der Waals surface area contributed by atoms with Gasteiger partial charge in [0.15, 0.2) is 5.82 Å². The van der Waals surface area contributed by atoms with E-state index in [9.17, 15) is 4.79 Å². The molecule has 1 aliphatic heterocycles. The number of ether oxygens (including phenoxy) is 1. The molecule has 0 saturated carbocycles. The molecule has 2 amide bonds. The predicted molar refractivity (Wildman–Crippen MR) is 97.8 cm³/mol. The van der Waals surface area contributed by atoms with Crippen LogP contribution in [0.5, 0.6) is 0 Å². The maximum absolute atomic E-state index is 12.5. The van der Waals surface area contributed by atoms with Crippen molar-refractivity contribution in [2.24, 2.45) is 0 Å². The van der Waals surface area contributed by atoms with Crippen LogP contribution in [0.1, 0.15) is 12.8 Å². The van der Waals surface area contributed by atoms with E-state index in [-0.39, 0.29) is 12.1 Å². The van der Waals surface area contributed by atoms with Gasteiger partial charge in [0.25, 0.3) is 0 Å². The number of urea groups is 1. The molecular weight excluding hydrogens is 318 g/mol. The predicted octanol–water partition coefficient (Wildman–Crippen LogP) is 2.64. The summed E-state index contributed by atoms with van der Waals surface area (Å²) in [5, 5.41) is 10.7. The summed E-state index contributed by atoms with van der Waals surface area (Å²) in [7, 11) is 1.66. The number of hydrogen-bond acceptors (Lipinski definition) is 4. The van der Waals surface area contributed by atoms with Crippen molar-refractivity contribution >= 4 is 17.5 Å². The van der Waals surface area contributed by atoms with E-state index < -0.39 is 0 Å². The molecule has 1 aromatic heterocycles. The number of amides is 2. The Bertz CT molecular complexity index is 673. The van der Waals surface area contributed by atoms with E-state index in [1.807, 2.05) is 41.4 Å². The molecule has 1 aliphatic rings. The number of aromatic nitrogens is 2. The van der Waals surface area contributed by atoms with Crippen LogP contribution in [-0.2, 0) is 11.3 Å². The smallest absolute Gasteiger partial charge is 0.323 e. The highest BCUT2D eigenvalue weighted by molar-refractivity contribution is 5.88. The third-order valence-corrected chi connectivity index (χ3v) is 4.25. The van der Waals surface area contributed by atoms with Crippen molar-refractivity contribution in [2.75, 3.05) is 37.4 Å². The van der Waals surface area contributed by atoms with Gasteiger partial charge in [-0.05, 0) is 25.0 Å². The monoisotopic (exact) mass is 343 g/mol. The van der Waals surface area contributed by atoms with Crippen LogP contribution in [0.15, 0.2) is 42.6 Å². The molecule has 1 unspecified atom stereocenters. The summed E-state index contributed by atoms with van der Waals surface area (Å²) in [5.74, 6) is 0.569. The molecule has 7 nitrogen and oxygen atoms in total. The van der Waals surface area contributed by atoms with Crippen LogP contribution >= 0.6 is 0 Å². The van der Waals surface area contributed by atoms with Crippen LogP contribution in [0.4, 0.5) is 16.3 Å². The minimum Gasteiger partial charge on any atom is -0.383 e. The summed E-state index contributed by atoms with van der Waals surface area (Å²) in [5.41, 5.74) is 1.09. The first kappa shape index (κ1) is 17.3. The molecule has 0 bridgehead atoms. The van der Waals surface area contributed by atoms with Crippen molar-refractivity contribution in [3.8, 4) is 0 Å². The molecule has 1 saturated heterocycles. The summed E-state index contributed by atoms with van der Waals surface area (Å²) in [6.45, 7) is 2.71. The van der Waals surface area contributed by atoms with E-state index in [1.165, 1.54) is 0 Å². The number of para-hydroxylation sites is 1. The number of carbonyl (C=O) groups excluding carboxylic acids is 1. The number of anilines is 2. The quantitative estimate of drug-likeness (QED) is 0.846. The lowest BCUT2D eigenvalue weighted by atomic mass is 10.1. The Morgan fingerprint density at radius 2 is 2.16 bits per heavy atom. The van der Waals surface area contributed by atoms with Gasteiger partial charge in [-0.1, -0.05) is 18.2 Å². The SMILES string of the molecule is COCCn1ccc(NC(=O)N2CCCC(Nc3ccccc3)C2)n1. The molecule has 1 atom stereocenters. The number of likely N-dealkylation sites (tertiary alicyclic amines) is 1. The summed E-state index contributed by atoms with van der Waals surface area (Å²) in [4.78, 5) is 14.3. The number of hydrogen-bond donors (Lipinski definition) is 2. The minimum absolute atomic E-state index is 0.100. The first-order valence-electron chi connectivity index (χ1n) is 8.64. The highest BCUT2D eigenvalue weighted by Gasteiger charge is 2.24. The number of nitrogens with zero attached hydrogens (tertiary/aromatic N) is 3. The van der Waals surface area contributed by atoms with E-state index in [2.05, 4.69) is 15.7 Å². The number of rotatable bonds is 6. The summed E-state index contributed by atoms with van der Waals surface area (Å²) >= 11 is 0. The fourth-order valence-corrected chi connectivity index (χ4v) is 2.98. The Morgan fingerprint density at radius 1 is 1.32 bits per heavy atom. The van der Waals surface area contributed by atoms with E-state index in [1.54, 1.807) is 17.9 Å². The van der Waals surface area contributed by atoms with Crippen molar-refractivity contribution in [3.05, 3.63) is 42.6 Å². The lowest BCUT2D eigenvalue weighted by Crippen LogP contribution is -2.46. The van der Waals surface area contributed by atoms with E-state index in [0.717, 1.165) is 25.1 Å². The first-order valence-corrected chi connectivity index (χ1v) is 8.64. The number of nitrogens with one attached hydrogen (secondary N) is 2. The summed E-state index contributed by atoms with van der Waals surface area (Å²) < 4.78 is 6.79. The lowest BCUT2D eigenvalue weighted by molar-refractivity contribution is 0.183. The maximum Gasteiger partial charge on any atom is 0.323 e. The van der Waals surface area contributed by atoms with Gasteiger partial charge in [0.2, 0.25) is 0 Å². The van der Waals surface area contributed by atoms with Crippen LogP contribution in [0, 0.1) is 0 Å². The average molecular weight is 343 g/mol. The number of piperidine rings is 1. The van der Waals surface area contributed by atoms with Crippen LogP contribution < -0.4 is 10.6 Å². The summed E-state index contributed by atoms with van der Waals surface area (Å²) in [6.07, 6.45) is 3.88. The number of benzene rings is 1. The van der Waals surface area contributed by atoms with Gasteiger partial charge in [-0.3, -0.25) is 10.00 Å². The largest absolute Gasteiger partial charge is 0.383 e. The van der Waals surface area contributed by atoms with Crippen molar-refractivity contribution in [3.63, 3.8) is 0 Å². The van der Waals surface area contributed by atoms with E-state index in [0.29, 0.717) is 25.5 Å². The van der Waals surface area contributed by atoms with Crippen molar-refractivity contribution in [1.82, 2.24) is 14.7 Å². The first-order chi connectivity index (χ1) is 12.2. The van der Waals surface area contributed by atoms with Gasteiger partial charge in [0, 0.05) is 44.2 Å². The lowest BCUT2D eigenvalue weighted by Gasteiger charge is -2.33. The van der Waals surface area contributed by atoms with Crippen molar-refractivity contribution in [1.29, 1.82) is 0 Å². The minimum atomic E-state index is -0.100. The number of carbonyl (C=O) groups is 1. The Labute approximate surface area is 148 Å².